The highest BCUT2D eigenvalue weighted by atomic mass is 19.1. The van der Waals surface area contributed by atoms with E-state index in [-0.39, 0.29) is 40.6 Å². The highest BCUT2D eigenvalue weighted by Crippen LogP contribution is 2.34. The molecular formula is C28H32FN5O4. The summed E-state index contributed by atoms with van der Waals surface area (Å²) < 4.78 is 14.7. The number of halogens is 1. The molecule has 10 heteroatoms. The summed E-state index contributed by atoms with van der Waals surface area (Å²) in [4.78, 5) is 40.1. The van der Waals surface area contributed by atoms with Gasteiger partial charge < -0.3 is 20.2 Å². The number of aromatic nitrogens is 2. The SMILES string of the molecule is CC(C)(C)C1C(NC2CN(C(=O)c3cc(Cc4n[nH]c(=O)c5ccccc45)ccc3F)C2)CCN1C(=O)O. The number of H-pyrrole nitrogens is 1. The van der Waals surface area contributed by atoms with E-state index in [1.807, 2.05) is 32.9 Å². The number of hydrogen-bond donors (Lipinski definition) is 3. The van der Waals surface area contributed by atoms with Crippen LogP contribution >= 0.6 is 0 Å². The second-order valence-electron chi connectivity index (χ2n) is 11.3. The van der Waals surface area contributed by atoms with Crippen LogP contribution in [0.3, 0.4) is 0 Å². The lowest BCUT2D eigenvalue weighted by Crippen LogP contribution is -2.64. The zero-order valence-corrected chi connectivity index (χ0v) is 21.7. The summed E-state index contributed by atoms with van der Waals surface area (Å²) in [6, 6.07) is 11.5. The number of likely N-dealkylation sites (tertiary alicyclic amines) is 2. The van der Waals surface area contributed by atoms with Crippen LogP contribution in [0.5, 0.6) is 0 Å². The average molecular weight is 522 g/mol. The maximum Gasteiger partial charge on any atom is 0.407 e. The van der Waals surface area contributed by atoms with Gasteiger partial charge in [0.05, 0.1) is 22.7 Å². The number of nitrogens with zero attached hydrogens (tertiary/aromatic N) is 3. The molecule has 200 valence electrons. The van der Waals surface area contributed by atoms with E-state index in [1.54, 1.807) is 29.2 Å². The Labute approximate surface area is 219 Å². The number of carboxylic acid groups (broad SMARTS) is 1. The zero-order valence-electron chi connectivity index (χ0n) is 21.7. The number of aromatic amines is 1. The predicted molar refractivity (Wildman–Crippen MR) is 141 cm³/mol. The molecule has 3 heterocycles. The zero-order chi connectivity index (χ0) is 27.2. The Morgan fingerprint density at radius 2 is 1.87 bits per heavy atom. The minimum atomic E-state index is -0.917. The van der Waals surface area contributed by atoms with Gasteiger partial charge in [0.15, 0.2) is 0 Å². The first kappa shape index (κ1) is 25.8. The molecule has 2 atom stereocenters. The van der Waals surface area contributed by atoms with Gasteiger partial charge in [-0.3, -0.25) is 9.59 Å². The molecule has 3 aromatic rings. The molecular weight excluding hydrogens is 489 g/mol. The molecule has 38 heavy (non-hydrogen) atoms. The molecule has 2 unspecified atom stereocenters. The van der Waals surface area contributed by atoms with Crippen molar-refractivity contribution < 1.29 is 19.1 Å². The largest absolute Gasteiger partial charge is 0.465 e. The van der Waals surface area contributed by atoms with E-state index >= 15 is 0 Å². The molecule has 0 bridgehead atoms. The van der Waals surface area contributed by atoms with E-state index in [4.69, 9.17) is 0 Å². The third kappa shape index (κ3) is 4.88. The standard InChI is InChI=1S/C28H32FN5O4/c1-28(2,3)24-22(10-11-34(24)27(37)38)30-17-14-33(15-17)26(36)20-12-16(8-9-21(20)29)13-23-18-6-4-5-7-19(18)25(35)32-31-23/h4-9,12,17,22,24,30H,10-11,13-15H2,1-3H3,(H,32,35)(H,37,38). The van der Waals surface area contributed by atoms with Crippen LogP contribution in [0.15, 0.2) is 47.3 Å². The number of carbonyl (C=O) groups excluding carboxylic acids is 1. The van der Waals surface area contributed by atoms with Gasteiger partial charge in [0.25, 0.3) is 11.5 Å². The molecule has 0 aliphatic carbocycles. The molecule has 2 amide bonds. The maximum atomic E-state index is 14.7. The Kier molecular flexibility index (Phi) is 6.68. The van der Waals surface area contributed by atoms with Crippen molar-refractivity contribution in [2.24, 2.45) is 5.41 Å². The van der Waals surface area contributed by atoms with Gasteiger partial charge in [0.1, 0.15) is 5.82 Å². The highest BCUT2D eigenvalue weighted by molar-refractivity contribution is 5.95. The molecule has 1 aromatic heterocycles. The fraction of sp³-hybridized carbons (Fsp3) is 0.429. The topological polar surface area (TPSA) is 119 Å². The third-order valence-corrected chi connectivity index (χ3v) is 7.56. The number of rotatable bonds is 5. The summed E-state index contributed by atoms with van der Waals surface area (Å²) in [5.41, 5.74) is 0.838. The normalized spacial score (nSPS) is 20.1. The Hall–Kier alpha value is -3.79. The van der Waals surface area contributed by atoms with E-state index in [9.17, 15) is 23.9 Å². The first-order chi connectivity index (χ1) is 18.0. The van der Waals surface area contributed by atoms with Crippen LogP contribution < -0.4 is 10.9 Å². The van der Waals surface area contributed by atoms with Crippen LogP contribution in [-0.2, 0) is 6.42 Å². The fourth-order valence-electron chi connectivity index (χ4n) is 5.82. The minimum Gasteiger partial charge on any atom is -0.465 e. The number of hydrogen-bond acceptors (Lipinski definition) is 5. The van der Waals surface area contributed by atoms with Gasteiger partial charge >= 0.3 is 6.09 Å². The molecule has 0 radical (unpaired) electrons. The summed E-state index contributed by atoms with van der Waals surface area (Å²) in [6.45, 7) is 7.42. The van der Waals surface area contributed by atoms with Crippen molar-refractivity contribution in [1.82, 2.24) is 25.3 Å². The van der Waals surface area contributed by atoms with Crippen LogP contribution in [0.4, 0.5) is 9.18 Å². The van der Waals surface area contributed by atoms with Crippen LogP contribution in [0.1, 0.15) is 48.8 Å². The van der Waals surface area contributed by atoms with E-state index < -0.39 is 11.9 Å². The van der Waals surface area contributed by atoms with Crippen molar-refractivity contribution >= 4 is 22.8 Å². The quantitative estimate of drug-likeness (QED) is 0.475. The fourth-order valence-corrected chi connectivity index (χ4v) is 5.82. The molecule has 9 nitrogen and oxygen atoms in total. The predicted octanol–water partition coefficient (Wildman–Crippen LogP) is 3.23. The number of carbonyl (C=O) groups is 2. The maximum absolute atomic E-state index is 14.7. The molecule has 2 fully saturated rings. The summed E-state index contributed by atoms with van der Waals surface area (Å²) in [6.07, 6.45) is 0.126. The van der Waals surface area contributed by atoms with E-state index in [2.05, 4.69) is 15.5 Å². The van der Waals surface area contributed by atoms with Gasteiger partial charge in [0.2, 0.25) is 0 Å². The molecule has 2 saturated heterocycles. The van der Waals surface area contributed by atoms with Crippen molar-refractivity contribution in [3.8, 4) is 0 Å². The lowest BCUT2D eigenvalue weighted by Gasteiger charge is -2.44. The molecule has 2 aliphatic rings. The van der Waals surface area contributed by atoms with Crippen molar-refractivity contribution in [2.45, 2.75) is 51.7 Å². The summed E-state index contributed by atoms with van der Waals surface area (Å²) >= 11 is 0. The number of amides is 2. The Balaban J connectivity index is 1.26. The van der Waals surface area contributed by atoms with Crippen molar-refractivity contribution in [1.29, 1.82) is 0 Å². The molecule has 0 spiro atoms. The number of nitrogens with one attached hydrogen (secondary N) is 2. The number of fused-ring (bicyclic) bond motifs is 1. The lowest BCUT2D eigenvalue weighted by atomic mass is 9.82. The van der Waals surface area contributed by atoms with Crippen molar-refractivity contribution in [3.63, 3.8) is 0 Å². The first-order valence-corrected chi connectivity index (χ1v) is 12.8. The Morgan fingerprint density at radius 1 is 1.16 bits per heavy atom. The van der Waals surface area contributed by atoms with Crippen molar-refractivity contribution in [2.75, 3.05) is 19.6 Å². The van der Waals surface area contributed by atoms with Gasteiger partial charge in [-0.2, -0.15) is 5.10 Å². The van der Waals surface area contributed by atoms with Gasteiger partial charge in [-0.15, -0.1) is 0 Å². The Bertz CT molecular complexity index is 1440. The van der Waals surface area contributed by atoms with Gasteiger partial charge in [0, 0.05) is 43.5 Å². The Morgan fingerprint density at radius 3 is 2.55 bits per heavy atom. The molecule has 3 N–H and O–H groups in total. The van der Waals surface area contributed by atoms with Gasteiger partial charge in [-0.05, 0) is 35.6 Å². The van der Waals surface area contributed by atoms with Crippen LogP contribution in [0.25, 0.3) is 10.8 Å². The van der Waals surface area contributed by atoms with E-state index in [0.29, 0.717) is 54.5 Å². The number of benzene rings is 2. The van der Waals surface area contributed by atoms with E-state index in [1.165, 1.54) is 11.0 Å². The second kappa shape index (κ2) is 9.83. The van der Waals surface area contributed by atoms with Crippen LogP contribution in [0, 0.1) is 11.2 Å². The molecule has 2 aliphatic heterocycles. The van der Waals surface area contributed by atoms with Crippen LogP contribution in [-0.4, -0.2) is 74.9 Å². The molecule has 2 aromatic carbocycles. The second-order valence-corrected chi connectivity index (χ2v) is 11.3. The summed E-state index contributed by atoms with van der Waals surface area (Å²) in [5.74, 6) is -0.970. The third-order valence-electron chi connectivity index (χ3n) is 7.56. The molecule has 0 saturated carbocycles. The smallest absolute Gasteiger partial charge is 0.407 e. The average Bonchev–Trinajstić information content (AvgIpc) is 3.29. The van der Waals surface area contributed by atoms with Gasteiger partial charge in [-0.1, -0.05) is 45.0 Å². The van der Waals surface area contributed by atoms with E-state index in [0.717, 1.165) is 0 Å². The molecule has 5 rings (SSSR count). The van der Waals surface area contributed by atoms with Crippen LogP contribution in [0.2, 0.25) is 0 Å². The lowest BCUT2D eigenvalue weighted by molar-refractivity contribution is 0.0506. The first-order valence-electron chi connectivity index (χ1n) is 12.8. The van der Waals surface area contributed by atoms with Crippen molar-refractivity contribution in [3.05, 3.63) is 75.5 Å². The minimum absolute atomic E-state index is 0.000155. The van der Waals surface area contributed by atoms with Gasteiger partial charge in [-0.25, -0.2) is 14.3 Å². The summed E-state index contributed by atoms with van der Waals surface area (Å²) in [7, 11) is 0. The highest BCUT2D eigenvalue weighted by Gasteiger charge is 2.46. The monoisotopic (exact) mass is 521 g/mol. The summed E-state index contributed by atoms with van der Waals surface area (Å²) in [5, 5.41) is 21.1.